The van der Waals surface area contributed by atoms with Gasteiger partial charge in [-0.1, -0.05) is 12.1 Å². The Morgan fingerprint density at radius 1 is 1.15 bits per heavy atom. The third-order valence-electron chi connectivity index (χ3n) is 5.80. The topological polar surface area (TPSA) is 44.9 Å². The van der Waals surface area contributed by atoms with Crippen molar-refractivity contribution < 1.29 is 19.2 Å². The lowest BCUT2D eigenvalue weighted by atomic mass is 10.1. The Kier molecular flexibility index (Phi) is 5.21. The van der Waals surface area contributed by atoms with Crippen LogP contribution in [0.2, 0.25) is 0 Å². The number of ketones is 1. The number of likely N-dealkylation sites (tertiary alicyclic amines) is 1. The van der Waals surface area contributed by atoms with E-state index >= 15 is 0 Å². The van der Waals surface area contributed by atoms with Crippen LogP contribution in [0.25, 0.3) is 0 Å². The van der Waals surface area contributed by atoms with Crippen LogP contribution in [0, 0.1) is 13.8 Å². The molecule has 5 nitrogen and oxygen atoms in total. The van der Waals surface area contributed by atoms with Crippen LogP contribution in [0.1, 0.15) is 41.0 Å². The number of hydrogen-bond acceptors (Lipinski definition) is 3. The Labute approximate surface area is 160 Å². The summed E-state index contributed by atoms with van der Waals surface area (Å²) in [7, 11) is 0. The minimum absolute atomic E-state index is 0.0552. The maximum absolute atomic E-state index is 12.9. The second kappa shape index (κ2) is 7.77. The van der Waals surface area contributed by atoms with Crippen LogP contribution in [0.15, 0.2) is 30.3 Å². The molecule has 0 spiro atoms. The van der Waals surface area contributed by atoms with E-state index in [1.54, 1.807) is 0 Å². The van der Waals surface area contributed by atoms with Crippen LogP contribution < -0.4 is 14.4 Å². The molecule has 2 aromatic rings. The molecular formula is C22H29N2O3+. The summed E-state index contributed by atoms with van der Waals surface area (Å²) in [6, 6.07) is 9.81. The fourth-order valence-electron chi connectivity index (χ4n) is 4.27. The first-order valence-electron chi connectivity index (χ1n) is 10.0. The predicted octanol–water partition coefficient (Wildman–Crippen LogP) is 2.20. The average Bonchev–Trinajstić information content (AvgIpc) is 2.97. The standard InChI is InChI=1S/C22H28N2O3/c1-16-12-19(20(25)14-23-10-6-3-7-11-23)17(2)24(16)13-18-15-26-21-8-4-5-9-22(21)27-18/h4-5,8-9,12,18H,3,6-7,10-11,13-15H2,1-2H3/p+1/t18-/m1/s1. The summed E-state index contributed by atoms with van der Waals surface area (Å²) in [6.07, 6.45) is 3.73. The van der Waals surface area contributed by atoms with Crippen LogP contribution in [-0.2, 0) is 6.54 Å². The Balaban J connectivity index is 1.45. The average molecular weight is 369 g/mol. The molecule has 1 fully saturated rings. The fraction of sp³-hybridized carbons (Fsp3) is 0.500. The van der Waals surface area contributed by atoms with Gasteiger partial charge in [0.1, 0.15) is 13.2 Å². The molecule has 4 rings (SSSR count). The van der Waals surface area contributed by atoms with Crippen molar-refractivity contribution in [1.29, 1.82) is 0 Å². The number of aryl methyl sites for hydroxylation is 1. The second-order valence-electron chi connectivity index (χ2n) is 7.80. The van der Waals surface area contributed by atoms with E-state index in [1.807, 2.05) is 37.3 Å². The van der Waals surface area contributed by atoms with E-state index in [4.69, 9.17) is 9.47 Å². The predicted molar refractivity (Wildman–Crippen MR) is 104 cm³/mol. The van der Waals surface area contributed by atoms with Crippen molar-refractivity contribution in [2.75, 3.05) is 26.2 Å². The number of aromatic nitrogens is 1. The van der Waals surface area contributed by atoms with Crippen LogP contribution in [0.3, 0.4) is 0 Å². The van der Waals surface area contributed by atoms with Crippen molar-refractivity contribution in [1.82, 2.24) is 4.57 Å². The van der Waals surface area contributed by atoms with E-state index in [-0.39, 0.29) is 11.9 Å². The number of rotatable bonds is 5. The zero-order valence-corrected chi connectivity index (χ0v) is 16.3. The Morgan fingerprint density at radius 3 is 2.67 bits per heavy atom. The summed E-state index contributed by atoms with van der Waals surface area (Å²) in [5.41, 5.74) is 3.01. The van der Waals surface area contributed by atoms with Gasteiger partial charge in [-0.05, 0) is 51.3 Å². The minimum Gasteiger partial charge on any atom is -0.486 e. The number of para-hydroxylation sites is 2. The lowest BCUT2D eigenvalue weighted by Gasteiger charge is -2.27. The molecule has 2 aliphatic rings. The van der Waals surface area contributed by atoms with Crippen LogP contribution in [0.5, 0.6) is 11.5 Å². The van der Waals surface area contributed by atoms with E-state index in [0.717, 1.165) is 41.5 Å². The van der Waals surface area contributed by atoms with Crippen LogP contribution in [0.4, 0.5) is 0 Å². The lowest BCUT2D eigenvalue weighted by Crippen LogP contribution is -3.13. The van der Waals surface area contributed by atoms with Crippen molar-refractivity contribution in [2.24, 2.45) is 0 Å². The lowest BCUT2D eigenvalue weighted by molar-refractivity contribution is -0.896. The minimum atomic E-state index is -0.0552. The van der Waals surface area contributed by atoms with E-state index in [0.29, 0.717) is 19.7 Å². The quantitative estimate of drug-likeness (QED) is 0.822. The fourth-order valence-corrected chi connectivity index (χ4v) is 4.27. The summed E-state index contributed by atoms with van der Waals surface area (Å²) in [6.45, 7) is 8.18. The summed E-state index contributed by atoms with van der Waals surface area (Å²) in [5.74, 6) is 1.86. The number of ether oxygens (including phenoxy) is 2. The highest BCUT2D eigenvalue weighted by atomic mass is 16.6. The van der Waals surface area contributed by atoms with Crippen molar-refractivity contribution in [3.63, 3.8) is 0 Å². The molecule has 0 bridgehead atoms. The zero-order chi connectivity index (χ0) is 18.8. The summed E-state index contributed by atoms with van der Waals surface area (Å²) >= 11 is 0. The summed E-state index contributed by atoms with van der Waals surface area (Å²) < 4.78 is 14.1. The maximum Gasteiger partial charge on any atom is 0.218 e. The number of nitrogens with zero attached hydrogens (tertiary/aromatic N) is 1. The van der Waals surface area contributed by atoms with Gasteiger partial charge in [0.05, 0.1) is 19.6 Å². The largest absolute Gasteiger partial charge is 0.486 e. The monoisotopic (exact) mass is 369 g/mol. The summed E-state index contributed by atoms with van der Waals surface area (Å²) in [4.78, 5) is 14.3. The van der Waals surface area contributed by atoms with Gasteiger partial charge in [0, 0.05) is 17.0 Å². The van der Waals surface area contributed by atoms with Gasteiger partial charge in [-0.25, -0.2) is 0 Å². The smallest absolute Gasteiger partial charge is 0.218 e. The van der Waals surface area contributed by atoms with E-state index in [2.05, 4.69) is 11.5 Å². The molecule has 144 valence electrons. The Bertz CT molecular complexity index is 821. The first-order chi connectivity index (χ1) is 13.1. The van der Waals surface area contributed by atoms with Crippen LogP contribution >= 0.6 is 0 Å². The number of carbonyl (C=O) groups excluding carboxylic acids is 1. The van der Waals surface area contributed by atoms with Crippen LogP contribution in [-0.4, -0.2) is 42.7 Å². The molecule has 0 radical (unpaired) electrons. The highest BCUT2D eigenvalue weighted by Crippen LogP contribution is 2.31. The molecule has 27 heavy (non-hydrogen) atoms. The first kappa shape index (κ1) is 18.1. The number of fused-ring (bicyclic) bond motifs is 1. The highest BCUT2D eigenvalue weighted by molar-refractivity contribution is 5.98. The Hall–Kier alpha value is -2.27. The number of Topliss-reactive ketones (excluding diaryl/α,β-unsaturated/α-hetero) is 1. The molecule has 1 atom stereocenters. The van der Waals surface area contributed by atoms with Gasteiger partial charge in [-0.2, -0.15) is 0 Å². The normalized spacial score (nSPS) is 19.9. The number of piperidine rings is 1. The highest BCUT2D eigenvalue weighted by Gasteiger charge is 2.25. The third-order valence-corrected chi connectivity index (χ3v) is 5.80. The first-order valence-corrected chi connectivity index (χ1v) is 10.0. The van der Waals surface area contributed by atoms with Gasteiger partial charge in [-0.15, -0.1) is 0 Å². The molecule has 0 aliphatic carbocycles. The van der Waals surface area contributed by atoms with Gasteiger partial charge in [0.25, 0.3) is 0 Å². The zero-order valence-electron chi connectivity index (χ0n) is 16.3. The molecule has 1 aromatic heterocycles. The molecule has 3 heterocycles. The SMILES string of the molecule is Cc1cc(C(=O)C[NH+]2CCCCC2)c(C)n1C[C@@H]1COc2ccccc2O1. The molecule has 1 N–H and O–H groups in total. The van der Waals surface area contributed by atoms with Gasteiger partial charge in [0.15, 0.2) is 17.6 Å². The molecule has 5 heteroatoms. The molecule has 1 saturated heterocycles. The summed E-state index contributed by atoms with van der Waals surface area (Å²) in [5, 5.41) is 0. The van der Waals surface area contributed by atoms with Crippen molar-refractivity contribution in [3.05, 3.63) is 47.3 Å². The molecule has 1 aromatic carbocycles. The number of quaternary nitrogens is 1. The van der Waals surface area contributed by atoms with Crippen molar-refractivity contribution in [2.45, 2.75) is 45.8 Å². The van der Waals surface area contributed by atoms with E-state index < -0.39 is 0 Å². The number of nitrogens with one attached hydrogen (secondary N) is 1. The number of carbonyl (C=O) groups is 1. The molecule has 0 unspecified atom stereocenters. The van der Waals surface area contributed by atoms with Gasteiger partial charge in [-0.3, -0.25) is 4.79 Å². The van der Waals surface area contributed by atoms with E-state index in [1.165, 1.54) is 24.2 Å². The molecule has 0 saturated carbocycles. The number of hydrogen-bond donors (Lipinski definition) is 1. The molecule has 0 amide bonds. The van der Waals surface area contributed by atoms with E-state index in [9.17, 15) is 4.79 Å². The Morgan fingerprint density at radius 2 is 1.89 bits per heavy atom. The number of benzene rings is 1. The van der Waals surface area contributed by atoms with Gasteiger partial charge < -0.3 is 18.9 Å². The third kappa shape index (κ3) is 3.88. The van der Waals surface area contributed by atoms with Crippen molar-refractivity contribution in [3.8, 4) is 11.5 Å². The van der Waals surface area contributed by atoms with Crippen molar-refractivity contribution >= 4 is 5.78 Å². The van der Waals surface area contributed by atoms with Gasteiger partial charge in [0.2, 0.25) is 5.78 Å². The van der Waals surface area contributed by atoms with Gasteiger partial charge >= 0.3 is 0 Å². The second-order valence-corrected chi connectivity index (χ2v) is 7.80. The maximum atomic E-state index is 12.9. The molecular weight excluding hydrogens is 340 g/mol. The molecule has 2 aliphatic heterocycles.